The van der Waals surface area contributed by atoms with Gasteiger partial charge in [-0.05, 0) is 36.1 Å². The average Bonchev–Trinajstić information content (AvgIpc) is 2.63. The predicted octanol–water partition coefficient (Wildman–Crippen LogP) is 4.88. The topological polar surface area (TPSA) is 0 Å². The van der Waals surface area contributed by atoms with E-state index in [9.17, 15) is 17.6 Å². The Morgan fingerprint density at radius 3 is 2.29 bits per heavy atom. The molecule has 0 atom stereocenters. The lowest BCUT2D eigenvalue weighted by Gasteiger charge is -2.08. The molecule has 0 saturated heterocycles. The summed E-state index contributed by atoms with van der Waals surface area (Å²) in [5, 5.41) is 1.72. The Morgan fingerprint density at radius 2 is 1.82 bits per heavy atom. The van der Waals surface area contributed by atoms with E-state index in [0.717, 1.165) is 10.9 Å². The Labute approximate surface area is 99.5 Å². The van der Waals surface area contributed by atoms with Crippen LogP contribution in [-0.4, -0.2) is 0 Å². The molecule has 0 amide bonds. The standard InChI is InChI=1S/C12H8F4S/c1-7-4-8(6-17-7)10-3-2-9(5-11(10)13)12(14,15)16/h2-6H,1H3. The summed E-state index contributed by atoms with van der Waals surface area (Å²) in [5.41, 5.74) is -0.160. The van der Waals surface area contributed by atoms with Gasteiger partial charge in [0.2, 0.25) is 0 Å². The number of alkyl halides is 3. The zero-order valence-electron chi connectivity index (χ0n) is 8.81. The molecule has 1 heterocycles. The zero-order valence-corrected chi connectivity index (χ0v) is 9.62. The van der Waals surface area contributed by atoms with Crippen molar-refractivity contribution >= 4 is 11.3 Å². The number of hydrogen-bond donors (Lipinski definition) is 0. The predicted molar refractivity (Wildman–Crippen MR) is 59.5 cm³/mol. The normalized spacial score (nSPS) is 11.8. The molecule has 5 heteroatoms. The van der Waals surface area contributed by atoms with Gasteiger partial charge in [0, 0.05) is 10.4 Å². The molecule has 0 bridgehead atoms. The summed E-state index contributed by atoms with van der Waals surface area (Å²) in [4.78, 5) is 0.985. The summed E-state index contributed by atoms with van der Waals surface area (Å²) < 4.78 is 50.6. The molecule has 2 rings (SSSR count). The van der Waals surface area contributed by atoms with Crippen molar-refractivity contribution in [2.75, 3.05) is 0 Å². The molecule has 1 aromatic heterocycles. The van der Waals surface area contributed by atoms with E-state index in [0.29, 0.717) is 11.6 Å². The minimum absolute atomic E-state index is 0.197. The van der Waals surface area contributed by atoms with Gasteiger partial charge < -0.3 is 0 Å². The fourth-order valence-electron chi connectivity index (χ4n) is 1.51. The minimum atomic E-state index is -4.51. The maximum atomic E-state index is 13.6. The molecule has 0 nitrogen and oxygen atoms in total. The monoisotopic (exact) mass is 260 g/mol. The van der Waals surface area contributed by atoms with Crippen LogP contribution in [0.25, 0.3) is 11.1 Å². The van der Waals surface area contributed by atoms with Gasteiger partial charge in [0.15, 0.2) is 0 Å². The van der Waals surface area contributed by atoms with E-state index < -0.39 is 17.6 Å². The van der Waals surface area contributed by atoms with Crippen LogP contribution in [0.2, 0.25) is 0 Å². The van der Waals surface area contributed by atoms with Crippen LogP contribution in [0.15, 0.2) is 29.6 Å². The van der Waals surface area contributed by atoms with E-state index in [1.165, 1.54) is 17.4 Å². The van der Waals surface area contributed by atoms with Gasteiger partial charge in [0.25, 0.3) is 0 Å². The molecule has 0 unspecified atom stereocenters. The van der Waals surface area contributed by atoms with Crippen LogP contribution < -0.4 is 0 Å². The summed E-state index contributed by atoms with van der Waals surface area (Å²) in [6.45, 7) is 1.86. The van der Waals surface area contributed by atoms with Crippen molar-refractivity contribution in [3.8, 4) is 11.1 Å². The smallest absolute Gasteiger partial charge is 0.206 e. The van der Waals surface area contributed by atoms with Crippen LogP contribution in [0.1, 0.15) is 10.4 Å². The van der Waals surface area contributed by atoms with Crippen molar-refractivity contribution in [2.24, 2.45) is 0 Å². The van der Waals surface area contributed by atoms with E-state index in [4.69, 9.17) is 0 Å². The first kappa shape index (κ1) is 12.1. The molecular weight excluding hydrogens is 252 g/mol. The third-order valence-electron chi connectivity index (χ3n) is 2.34. The van der Waals surface area contributed by atoms with Gasteiger partial charge in [-0.15, -0.1) is 11.3 Å². The van der Waals surface area contributed by atoms with E-state index in [1.54, 1.807) is 11.4 Å². The lowest BCUT2D eigenvalue weighted by molar-refractivity contribution is -0.137. The van der Waals surface area contributed by atoms with Crippen LogP contribution in [0, 0.1) is 12.7 Å². The number of benzene rings is 1. The summed E-state index contributed by atoms with van der Waals surface area (Å²) in [7, 11) is 0. The number of aryl methyl sites for hydroxylation is 1. The molecule has 0 aliphatic carbocycles. The second kappa shape index (κ2) is 4.14. The summed E-state index contributed by atoms with van der Waals surface area (Å²) in [6.07, 6.45) is -4.51. The van der Waals surface area contributed by atoms with Gasteiger partial charge in [-0.3, -0.25) is 0 Å². The van der Waals surface area contributed by atoms with Gasteiger partial charge in [-0.2, -0.15) is 13.2 Å². The lowest BCUT2D eigenvalue weighted by atomic mass is 10.1. The van der Waals surface area contributed by atoms with E-state index in [-0.39, 0.29) is 5.56 Å². The Kier molecular flexibility index (Phi) is 2.95. The summed E-state index contributed by atoms with van der Waals surface area (Å²) in [5.74, 6) is -0.849. The molecule has 0 spiro atoms. The Morgan fingerprint density at radius 1 is 1.12 bits per heavy atom. The van der Waals surface area contributed by atoms with E-state index in [2.05, 4.69) is 0 Å². The van der Waals surface area contributed by atoms with Gasteiger partial charge in [-0.1, -0.05) is 6.07 Å². The molecule has 0 aliphatic rings. The molecule has 0 aliphatic heterocycles. The molecule has 90 valence electrons. The number of hydrogen-bond acceptors (Lipinski definition) is 1. The van der Waals surface area contributed by atoms with E-state index >= 15 is 0 Å². The van der Waals surface area contributed by atoms with Crippen molar-refractivity contribution < 1.29 is 17.6 Å². The van der Waals surface area contributed by atoms with Crippen LogP contribution in [0.5, 0.6) is 0 Å². The summed E-state index contributed by atoms with van der Waals surface area (Å²) >= 11 is 1.43. The molecule has 17 heavy (non-hydrogen) atoms. The van der Waals surface area contributed by atoms with Gasteiger partial charge in [0.1, 0.15) is 5.82 Å². The second-order valence-electron chi connectivity index (χ2n) is 3.64. The van der Waals surface area contributed by atoms with Crippen LogP contribution in [-0.2, 0) is 6.18 Å². The van der Waals surface area contributed by atoms with Crippen LogP contribution >= 0.6 is 11.3 Å². The fraction of sp³-hybridized carbons (Fsp3) is 0.167. The highest BCUT2D eigenvalue weighted by atomic mass is 32.1. The summed E-state index contributed by atoms with van der Waals surface area (Å²) in [6, 6.07) is 4.34. The number of rotatable bonds is 1. The maximum absolute atomic E-state index is 13.6. The van der Waals surface area contributed by atoms with Gasteiger partial charge >= 0.3 is 6.18 Å². The maximum Gasteiger partial charge on any atom is 0.416 e. The number of thiophene rings is 1. The van der Waals surface area contributed by atoms with Crippen molar-refractivity contribution in [3.05, 3.63) is 45.9 Å². The average molecular weight is 260 g/mol. The highest BCUT2D eigenvalue weighted by Gasteiger charge is 2.31. The van der Waals surface area contributed by atoms with Crippen LogP contribution in [0.4, 0.5) is 17.6 Å². The van der Waals surface area contributed by atoms with Crippen LogP contribution in [0.3, 0.4) is 0 Å². The lowest BCUT2D eigenvalue weighted by Crippen LogP contribution is -2.05. The Balaban J connectivity index is 2.45. The third kappa shape index (κ3) is 2.49. The molecule has 1 aromatic carbocycles. The molecule has 0 saturated carbocycles. The van der Waals surface area contributed by atoms with E-state index in [1.807, 2.05) is 6.92 Å². The third-order valence-corrected chi connectivity index (χ3v) is 3.20. The number of halogens is 4. The van der Waals surface area contributed by atoms with Crippen molar-refractivity contribution in [1.29, 1.82) is 0 Å². The SMILES string of the molecule is Cc1cc(-c2ccc(C(F)(F)F)cc2F)cs1. The zero-order chi connectivity index (χ0) is 12.6. The minimum Gasteiger partial charge on any atom is -0.206 e. The first-order valence-corrected chi connectivity index (χ1v) is 5.68. The Hall–Kier alpha value is -1.36. The van der Waals surface area contributed by atoms with Crippen molar-refractivity contribution in [2.45, 2.75) is 13.1 Å². The Bertz CT molecular complexity index is 540. The quantitative estimate of drug-likeness (QED) is 0.641. The van der Waals surface area contributed by atoms with Gasteiger partial charge in [0.05, 0.1) is 5.56 Å². The second-order valence-corrected chi connectivity index (χ2v) is 4.75. The first-order valence-electron chi connectivity index (χ1n) is 4.80. The molecule has 0 N–H and O–H groups in total. The van der Waals surface area contributed by atoms with Gasteiger partial charge in [-0.25, -0.2) is 4.39 Å². The van der Waals surface area contributed by atoms with Crippen molar-refractivity contribution in [1.82, 2.24) is 0 Å². The van der Waals surface area contributed by atoms with Crippen molar-refractivity contribution in [3.63, 3.8) is 0 Å². The first-order chi connectivity index (χ1) is 7.88. The fourth-order valence-corrected chi connectivity index (χ4v) is 2.21. The highest BCUT2D eigenvalue weighted by molar-refractivity contribution is 7.10. The largest absolute Gasteiger partial charge is 0.416 e. The highest BCUT2D eigenvalue weighted by Crippen LogP contribution is 2.33. The molecule has 0 radical (unpaired) electrons. The molecule has 0 fully saturated rings. The molecular formula is C12H8F4S. The molecule has 2 aromatic rings.